The zero-order valence-corrected chi connectivity index (χ0v) is 17.6. The van der Waals surface area contributed by atoms with Crippen LogP contribution in [0.1, 0.15) is 33.3 Å². The summed E-state index contributed by atoms with van der Waals surface area (Å²) < 4.78 is 2.16. The van der Waals surface area contributed by atoms with Gasteiger partial charge in [0.15, 0.2) is 5.65 Å². The van der Waals surface area contributed by atoms with Gasteiger partial charge in [-0.1, -0.05) is 12.1 Å². The van der Waals surface area contributed by atoms with Crippen molar-refractivity contribution in [1.82, 2.24) is 9.38 Å². The van der Waals surface area contributed by atoms with Crippen molar-refractivity contribution < 1.29 is 0 Å². The van der Waals surface area contributed by atoms with E-state index in [4.69, 9.17) is 4.98 Å². The number of nitrogens with zero attached hydrogens (tertiary/aromatic N) is 5. The molecule has 2 aromatic heterocycles. The summed E-state index contributed by atoms with van der Waals surface area (Å²) in [5.74, 6) is 0. The summed E-state index contributed by atoms with van der Waals surface area (Å²) in [5, 5.41) is 11.2. The number of anilines is 2. The van der Waals surface area contributed by atoms with E-state index in [9.17, 15) is 5.26 Å². The minimum Gasteiger partial charge on any atom is -0.372 e. The predicted octanol–water partition coefficient (Wildman–Crippen LogP) is 5.20. The summed E-state index contributed by atoms with van der Waals surface area (Å²) in [4.78, 5) is 9.47. The van der Waals surface area contributed by atoms with E-state index in [1.165, 1.54) is 5.69 Å². The Morgan fingerprint density at radius 1 is 0.897 bits per heavy atom. The van der Waals surface area contributed by atoms with Crippen LogP contribution in [0.4, 0.5) is 11.4 Å². The van der Waals surface area contributed by atoms with Crippen molar-refractivity contribution >= 4 is 39.0 Å². The minimum atomic E-state index is 0.646. The lowest BCUT2D eigenvalue weighted by Gasteiger charge is -2.26. The minimum absolute atomic E-state index is 0.646. The van der Waals surface area contributed by atoms with Crippen LogP contribution in [0.3, 0.4) is 0 Å². The Morgan fingerprint density at radius 3 is 2.24 bits per heavy atom. The number of benzene rings is 2. The van der Waals surface area contributed by atoms with Gasteiger partial charge in [-0.15, -0.1) is 0 Å². The molecule has 0 aliphatic heterocycles. The van der Waals surface area contributed by atoms with Crippen molar-refractivity contribution in [2.24, 2.45) is 0 Å². The first-order valence-corrected chi connectivity index (χ1v) is 10.4. The number of rotatable bonds is 6. The first-order chi connectivity index (χ1) is 14.2. The maximum atomic E-state index is 10.1. The van der Waals surface area contributed by atoms with Crippen LogP contribution in [0.15, 0.2) is 42.5 Å². The van der Waals surface area contributed by atoms with Crippen molar-refractivity contribution in [3.63, 3.8) is 0 Å². The van der Waals surface area contributed by atoms with Gasteiger partial charge in [-0.25, -0.2) is 4.98 Å². The molecule has 5 nitrogen and oxygen atoms in total. The quantitative estimate of drug-likeness (QED) is 0.457. The summed E-state index contributed by atoms with van der Waals surface area (Å²) in [6, 6.07) is 17.2. The van der Waals surface area contributed by atoms with Crippen molar-refractivity contribution in [1.29, 1.82) is 5.26 Å². The molecule has 0 spiro atoms. The number of pyridine rings is 1. The molecule has 0 atom stereocenters. The highest BCUT2D eigenvalue weighted by molar-refractivity contribution is 6.03. The summed E-state index contributed by atoms with van der Waals surface area (Å²) in [6.45, 7) is 12.2. The van der Waals surface area contributed by atoms with Crippen LogP contribution in [0.5, 0.6) is 0 Å². The lowest BCUT2D eigenvalue weighted by atomic mass is 10.1. The van der Waals surface area contributed by atoms with Gasteiger partial charge in [0.2, 0.25) is 0 Å². The van der Waals surface area contributed by atoms with Gasteiger partial charge in [0.25, 0.3) is 0 Å². The van der Waals surface area contributed by atoms with E-state index in [-0.39, 0.29) is 0 Å². The van der Waals surface area contributed by atoms with Gasteiger partial charge in [-0.2, -0.15) is 5.26 Å². The Labute approximate surface area is 171 Å². The largest absolute Gasteiger partial charge is 0.372 e. The van der Waals surface area contributed by atoms with Crippen LogP contribution in [0, 0.1) is 11.3 Å². The normalized spacial score (nSPS) is 11.3. The number of fused-ring (bicyclic) bond motifs is 5. The Bertz CT molecular complexity index is 1220. The van der Waals surface area contributed by atoms with E-state index < -0.39 is 0 Å². The fraction of sp³-hybridized carbons (Fsp3) is 0.333. The van der Waals surface area contributed by atoms with Crippen molar-refractivity contribution in [2.75, 3.05) is 36.0 Å². The van der Waals surface area contributed by atoms with Crippen LogP contribution >= 0.6 is 0 Å². The molecule has 0 saturated carbocycles. The molecule has 0 radical (unpaired) electrons. The molecule has 5 heteroatoms. The number of para-hydroxylation sites is 2. The number of aromatic nitrogens is 2. The molecule has 0 aliphatic carbocycles. The zero-order chi connectivity index (χ0) is 20.5. The molecule has 0 fully saturated rings. The maximum absolute atomic E-state index is 10.1. The number of nitriles is 1. The molecule has 148 valence electrons. The summed E-state index contributed by atoms with van der Waals surface area (Å²) >= 11 is 0. The molecule has 0 unspecified atom stereocenters. The molecular formula is C24H27N5. The highest BCUT2D eigenvalue weighted by atomic mass is 15.1. The molecule has 0 bridgehead atoms. The molecule has 0 aliphatic rings. The van der Waals surface area contributed by atoms with Crippen molar-refractivity contribution in [3.05, 3.63) is 48.0 Å². The predicted molar refractivity (Wildman–Crippen MR) is 122 cm³/mol. The Balaban J connectivity index is 2.23. The second-order valence-electron chi connectivity index (χ2n) is 7.14. The standard InChI is InChI=1S/C24H27N5/c1-5-27(6-2)17-13-14-18-22(15-17)29-21-12-10-9-11-20(21)26-24(29)19(16-25)23(18)28(7-3)8-4/h9-15H,5-8H2,1-4H3. The maximum Gasteiger partial charge on any atom is 0.158 e. The zero-order valence-electron chi connectivity index (χ0n) is 17.6. The van der Waals surface area contributed by atoms with Gasteiger partial charge in [0.05, 0.1) is 22.2 Å². The molecule has 4 aromatic rings. The van der Waals surface area contributed by atoms with E-state index >= 15 is 0 Å². The lowest BCUT2D eigenvalue weighted by Crippen LogP contribution is -2.24. The Morgan fingerprint density at radius 2 is 1.59 bits per heavy atom. The molecule has 0 amide bonds. The van der Waals surface area contributed by atoms with Crippen LogP contribution in [0.25, 0.3) is 27.6 Å². The summed E-state index contributed by atoms with van der Waals surface area (Å²) in [7, 11) is 0. The third-order valence-corrected chi connectivity index (χ3v) is 5.82. The van der Waals surface area contributed by atoms with Gasteiger partial charge in [0.1, 0.15) is 11.6 Å². The Hall–Kier alpha value is -3.26. The third-order valence-electron chi connectivity index (χ3n) is 5.82. The van der Waals surface area contributed by atoms with Crippen LogP contribution in [-0.2, 0) is 0 Å². The van der Waals surface area contributed by atoms with Gasteiger partial charge in [-0.3, -0.25) is 4.40 Å². The molecule has 2 aromatic carbocycles. The van der Waals surface area contributed by atoms with Gasteiger partial charge in [0, 0.05) is 37.3 Å². The summed E-state index contributed by atoms with van der Waals surface area (Å²) in [5.41, 5.74) is 6.60. The average Bonchev–Trinajstić information content (AvgIpc) is 3.15. The molecule has 29 heavy (non-hydrogen) atoms. The topological polar surface area (TPSA) is 47.6 Å². The molecule has 2 heterocycles. The van der Waals surface area contributed by atoms with Gasteiger partial charge >= 0.3 is 0 Å². The van der Waals surface area contributed by atoms with E-state index in [2.05, 4.69) is 72.2 Å². The fourth-order valence-electron chi connectivity index (χ4n) is 4.34. The summed E-state index contributed by atoms with van der Waals surface area (Å²) in [6.07, 6.45) is 0. The third kappa shape index (κ3) is 2.87. The number of imidazole rings is 1. The SMILES string of the molecule is CCN(CC)c1ccc2c(N(CC)CC)c(C#N)c3nc4ccccc4n3c2c1. The van der Waals surface area contributed by atoms with Crippen molar-refractivity contribution in [2.45, 2.75) is 27.7 Å². The first-order valence-electron chi connectivity index (χ1n) is 10.4. The van der Waals surface area contributed by atoms with Crippen LogP contribution < -0.4 is 9.80 Å². The molecule has 0 saturated heterocycles. The van der Waals surface area contributed by atoms with Gasteiger partial charge in [-0.05, 0) is 58.0 Å². The second-order valence-corrected chi connectivity index (χ2v) is 7.14. The lowest BCUT2D eigenvalue weighted by molar-refractivity contribution is 0.864. The van der Waals surface area contributed by atoms with E-state index in [1.54, 1.807) is 0 Å². The number of hydrogen-bond acceptors (Lipinski definition) is 4. The van der Waals surface area contributed by atoms with E-state index in [0.717, 1.165) is 59.4 Å². The Kier molecular flexibility index (Phi) is 5.02. The smallest absolute Gasteiger partial charge is 0.158 e. The molecular weight excluding hydrogens is 358 g/mol. The number of hydrogen-bond donors (Lipinski definition) is 0. The van der Waals surface area contributed by atoms with Crippen LogP contribution in [0.2, 0.25) is 0 Å². The van der Waals surface area contributed by atoms with E-state index in [1.807, 2.05) is 18.2 Å². The molecule has 4 rings (SSSR count). The average molecular weight is 386 g/mol. The van der Waals surface area contributed by atoms with Crippen molar-refractivity contribution in [3.8, 4) is 6.07 Å². The second kappa shape index (κ2) is 7.63. The van der Waals surface area contributed by atoms with E-state index in [0.29, 0.717) is 5.56 Å². The monoisotopic (exact) mass is 385 g/mol. The molecule has 0 N–H and O–H groups in total. The van der Waals surface area contributed by atoms with Gasteiger partial charge < -0.3 is 9.80 Å². The fourth-order valence-corrected chi connectivity index (χ4v) is 4.34. The highest BCUT2D eigenvalue weighted by Gasteiger charge is 2.21. The first kappa shape index (κ1) is 19.1. The highest BCUT2D eigenvalue weighted by Crippen LogP contribution is 2.37. The van der Waals surface area contributed by atoms with Crippen LogP contribution in [-0.4, -0.2) is 35.6 Å².